The smallest absolute Gasteiger partial charge is 0.287 e. The Morgan fingerprint density at radius 3 is 2.54 bits per heavy atom. The maximum absolute atomic E-state index is 12.6. The van der Waals surface area contributed by atoms with Gasteiger partial charge in [-0.05, 0) is 17.7 Å². The summed E-state index contributed by atoms with van der Waals surface area (Å²) < 4.78 is 13.3. The molecule has 1 atom stereocenters. The highest BCUT2D eigenvalue weighted by Crippen LogP contribution is 2.22. The summed E-state index contributed by atoms with van der Waals surface area (Å²) >= 11 is 0.841. The Morgan fingerprint density at radius 2 is 1.88 bits per heavy atom. The van der Waals surface area contributed by atoms with Gasteiger partial charge in [0.15, 0.2) is 17.1 Å². The third kappa shape index (κ3) is 3.83. The lowest BCUT2D eigenvalue weighted by atomic mass is 10.0. The second kappa shape index (κ2) is 7.70. The molecule has 3 aromatic rings. The van der Waals surface area contributed by atoms with Crippen molar-refractivity contribution in [2.75, 3.05) is 0 Å². The van der Waals surface area contributed by atoms with Gasteiger partial charge in [-0.3, -0.25) is 14.4 Å². The SMILES string of the molecule is NC(=O)C(=O)C(Cc1ccccc1)NC(=O)c1nsnc1-c1ccco1. The van der Waals surface area contributed by atoms with Crippen LogP contribution < -0.4 is 11.1 Å². The number of benzene rings is 1. The first-order chi connectivity index (χ1) is 12.6. The molecule has 3 N–H and O–H groups in total. The fourth-order valence-electron chi connectivity index (χ4n) is 2.37. The van der Waals surface area contributed by atoms with Gasteiger partial charge in [-0.25, -0.2) is 0 Å². The fraction of sp³-hybridized carbons (Fsp3) is 0.118. The van der Waals surface area contributed by atoms with Gasteiger partial charge < -0.3 is 15.5 Å². The van der Waals surface area contributed by atoms with E-state index in [1.807, 2.05) is 6.07 Å². The number of carbonyl (C=O) groups is 3. The molecular formula is C17H14N4O4S. The molecule has 0 aliphatic rings. The number of hydrogen-bond donors (Lipinski definition) is 2. The Morgan fingerprint density at radius 1 is 1.12 bits per heavy atom. The maximum atomic E-state index is 12.6. The van der Waals surface area contributed by atoms with Gasteiger partial charge in [-0.2, -0.15) is 8.75 Å². The van der Waals surface area contributed by atoms with Crippen molar-refractivity contribution in [3.8, 4) is 11.5 Å². The number of aromatic nitrogens is 2. The quantitative estimate of drug-likeness (QED) is 0.601. The first kappa shape index (κ1) is 17.5. The van der Waals surface area contributed by atoms with Crippen molar-refractivity contribution in [3.63, 3.8) is 0 Å². The van der Waals surface area contributed by atoms with Gasteiger partial charge in [0.05, 0.1) is 18.0 Å². The fourth-order valence-corrected chi connectivity index (χ4v) is 2.92. The Balaban J connectivity index is 1.83. The van der Waals surface area contributed by atoms with E-state index >= 15 is 0 Å². The molecule has 0 saturated heterocycles. The Labute approximate surface area is 152 Å². The molecule has 2 amide bonds. The zero-order valence-electron chi connectivity index (χ0n) is 13.4. The summed E-state index contributed by atoms with van der Waals surface area (Å²) in [7, 11) is 0. The lowest BCUT2D eigenvalue weighted by Crippen LogP contribution is -2.47. The van der Waals surface area contributed by atoms with E-state index < -0.39 is 23.6 Å². The monoisotopic (exact) mass is 370 g/mol. The number of Topliss-reactive ketones (excluding diaryl/α,β-unsaturated/α-hetero) is 1. The van der Waals surface area contributed by atoms with E-state index in [0.29, 0.717) is 5.76 Å². The van der Waals surface area contributed by atoms with Crippen LogP contribution in [0.4, 0.5) is 0 Å². The number of ketones is 1. The zero-order chi connectivity index (χ0) is 18.5. The molecule has 132 valence electrons. The third-order valence-electron chi connectivity index (χ3n) is 3.61. The molecule has 0 saturated carbocycles. The first-order valence-corrected chi connectivity index (χ1v) is 8.34. The minimum atomic E-state index is -1.12. The normalized spacial score (nSPS) is 11.7. The van der Waals surface area contributed by atoms with Crippen LogP contribution in [0.3, 0.4) is 0 Å². The van der Waals surface area contributed by atoms with E-state index in [9.17, 15) is 14.4 Å². The van der Waals surface area contributed by atoms with Crippen molar-refractivity contribution in [2.24, 2.45) is 5.73 Å². The molecular weight excluding hydrogens is 356 g/mol. The Bertz CT molecular complexity index is 921. The molecule has 1 aromatic carbocycles. The summed E-state index contributed by atoms with van der Waals surface area (Å²) in [6.45, 7) is 0. The van der Waals surface area contributed by atoms with Crippen LogP contribution in [0.5, 0.6) is 0 Å². The molecule has 0 bridgehead atoms. The van der Waals surface area contributed by atoms with Gasteiger partial charge in [0.1, 0.15) is 6.04 Å². The van der Waals surface area contributed by atoms with Crippen LogP contribution in [-0.4, -0.2) is 32.4 Å². The standard InChI is InChI=1S/C17H14N4O4S/c18-16(23)15(22)11(9-10-5-2-1-3-6-10)19-17(24)14-13(20-26-21-14)12-7-4-8-25-12/h1-8,11H,9H2,(H2,18,23)(H,19,24). The minimum absolute atomic E-state index is 0.0142. The van der Waals surface area contributed by atoms with Crippen molar-refractivity contribution in [3.05, 3.63) is 60.0 Å². The number of amides is 2. The number of rotatable bonds is 7. The molecule has 0 fully saturated rings. The predicted octanol–water partition coefficient (Wildman–Crippen LogP) is 1.19. The molecule has 1 unspecified atom stereocenters. The highest BCUT2D eigenvalue weighted by atomic mass is 32.1. The van der Waals surface area contributed by atoms with E-state index in [0.717, 1.165) is 17.3 Å². The Kier molecular flexibility index (Phi) is 5.18. The average molecular weight is 370 g/mol. The van der Waals surface area contributed by atoms with Gasteiger partial charge in [-0.1, -0.05) is 30.3 Å². The van der Waals surface area contributed by atoms with E-state index in [-0.39, 0.29) is 17.8 Å². The van der Waals surface area contributed by atoms with Crippen LogP contribution in [0, 0.1) is 0 Å². The summed E-state index contributed by atoms with van der Waals surface area (Å²) in [5.41, 5.74) is 6.16. The molecule has 9 heteroatoms. The number of primary amides is 1. The number of nitrogens with two attached hydrogens (primary N) is 1. The lowest BCUT2D eigenvalue weighted by molar-refractivity contribution is -0.137. The number of nitrogens with zero attached hydrogens (tertiary/aromatic N) is 2. The average Bonchev–Trinajstić information content (AvgIpc) is 3.32. The number of carbonyl (C=O) groups excluding carboxylic acids is 3. The number of furan rings is 1. The topological polar surface area (TPSA) is 128 Å². The van der Waals surface area contributed by atoms with Crippen molar-refractivity contribution >= 4 is 29.3 Å². The van der Waals surface area contributed by atoms with Gasteiger partial charge in [0, 0.05) is 6.42 Å². The third-order valence-corrected chi connectivity index (χ3v) is 4.13. The summed E-state index contributed by atoms with van der Waals surface area (Å²) in [6, 6.07) is 11.2. The summed E-state index contributed by atoms with van der Waals surface area (Å²) in [6.07, 6.45) is 1.58. The molecule has 8 nitrogen and oxygen atoms in total. The van der Waals surface area contributed by atoms with Crippen molar-refractivity contribution < 1.29 is 18.8 Å². The molecule has 0 radical (unpaired) electrons. The van der Waals surface area contributed by atoms with Gasteiger partial charge in [0.25, 0.3) is 11.8 Å². The highest BCUT2D eigenvalue weighted by Gasteiger charge is 2.28. The molecule has 2 heterocycles. The van der Waals surface area contributed by atoms with Crippen LogP contribution >= 0.6 is 11.7 Å². The molecule has 2 aromatic heterocycles. The van der Waals surface area contributed by atoms with E-state index in [1.165, 1.54) is 6.26 Å². The predicted molar refractivity (Wildman–Crippen MR) is 93.2 cm³/mol. The van der Waals surface area contributed by atoms with Gasteiger partial charge in [0.2, 0.25) is 5.78 Å². The zero-order valence-corrected chi connectivity index (χ0v) is 14.2. The molecule has 0 spiro atoms. The van der Waals surface area contributed by atoms with Crippen molar-refractivity contribution in [1.82, 2.24) is 14.1 Å². The second-order valence-corrected chi connectivity index (χ2v) is 5.91. The number of hydrogen-bond acceptors (Lipinski definition) is 7. The highest BCUT2D eigenvalue weighted by molar-refractivity contribution is 6.99. The lowest BCUT2D eigenvalue weighted by Gasteiger charge is -2.15. The largest absolute Gasteiger partial charge is 0.463 e. The minimum Gasteiger partial charge on any atom is -0.463 e. The summed E-state index contributed by atoms with van der Waals surface area (Å²) in [5.74, 6) is -2.26. The van der Waals surface area contributed by atoms with Crippen molar-refractivity contribution in [1.29, 1.82) is 0 Å². The maximum Gasteiger partial charge on any atom is 0.287 e. The second-order valence-electron chi connectivity index (χ2n) is 5.38. The van der Waals surface area contributed by atoms with Gasteiger partial charge >= 0.3 is 0 Å². The Hall–Kier alpha value is -3.33. The van der Waals surface area contributed by atoms with Gasteiger partial charge in [-0.15, -0.1) is 0 Å². The van der Waals surface area contributed by atoms with E-state index in [4.69, 9.17) is 10.2 Å². The van der Waals surface area contributed by atoms with Crippen molar-refractivity contribution in [2.45, 2.75) is 12.5 Å². The van der Waals surface area contributed by atoms with Crippen LogP contribution in [0.2, 0.25) is 0 Å². The first-order valence-electron chi connectivity index (χ1n) is 7.61. The van der Waals surface area contributed by atoms with Crippen LogP contribution in [-0.2, 0) is 16.0 Å². The molecule has 0 aliphatic carbocycles. The van der Waals surface area contributed by atoms with Crippen LogP contribution in [0.15, 0.2) is 53.1 Å². The van der Waals surface area contributed by atoms with E-state index in [2.05, 4.69) is 14.1 Å². The summed E-state index contributed by atoms with van der Waals surface area (Å²) in [4.78, 5) is 36.1. The van der Waals surface area contributed by atoms with Crippen LogP contribution in [0.1, 0.15) is 16.1 Å². The summed E-state index contributed by atoms with van der Waals surface area (Å²) in [5, 5.41) is 2.52. The number of nitrogens with one attached hydrogen (secondary N) is 1. The molecule has 3 rings (SSSR count). The molecule has 26 heavy (non-hydrogen) atoms. The van der Waals surface area contributed by atoms with Crippen LogP contribution in [0.25, 0.3) is 11.5 Å². The van der Waals surface area contributed by atoms with E-state index in [1.54, 1.807) is 36.4 Å². The molecule has 0 aliphatic heterocycles.